The van der Waals surface area contributed by atoms with Gasteiger partial charge in [0.15, 0.2) is 9.84 Å². The molecule has 0 unspecified atom stereocenters. The molecule has 0 saturated heterocycles. The van der Waals surface area contributed by atoms with Crippen LogP contribution in [0.3, 0.4) is 0 Å². The predicted molar refractivity (Wildman–Crippen MR) is 74.7 cm³/mol. The summed E-state index contributed by atoms with van der Waals surface area (Å²) >= 11 is 0. The van der Waals surface area contributed by atoms with Crippen molar-refractivity contribution in [1.29, 1.82) is 0 Å². The highest BCUT2D eigenvalue weighted by Crippen LogP contribution is 2.13. The maximum atomic E-state index is 12.2. The highest BCUT2D eigenvalue weighted by Gasteiger charge is 2.30. The monoisotopic (exact) mass is 276 g/mol. The van der Waals surface area contributed by atoms with Crippen LogP contribution in [0.2, 0.25) is 0 Å². The summed E-state index contributed by atoms with van der Waals surface area (Å²) in [5.74, 6) is 0. The van der Waals surface area contributed by atoms with E-state index in [-0.39, 0.29) is 25.4 Å². The van der Waals surface area contributed by atoms with Gasteiger partial charge in [-0.25, -0.2) is 8.42 Å². The van der Waals surface area contributed by atoms with Gasteiger partial charge in [-0.15, -0.1) is 0 Å². The zero-order valence-corrected chi connectivity index (χ0v) is 12.9. The van der Waals surface area contributed by atoms with Crippen LogP contribution in [-0.2, 0) is 19.3 Å². The summed E-state index contributed by atoms with van der Waals surface area (Å²) < 4.78 is 35.2. The molecule has 0 bridgehead atoms. The SMILES string of the molecule is [B][C@@H](CC)S(=O)(=O)C(COC(C)C)COC(C)C. The molecule has 18 heavy (non-hydrogen) atoms. The zero-order chi connectivity index (χ0) is 14.3. The fourth-order valence-electron chi connectivity index (χ4n) is 1.32. The molecule has 0 saturated carbocycles. The molecule has 0 spiro atoms. The lowest BCUT2D eigenvalue weighted by atomic mass is 10.0. The number of hydrogen-bond acceptors (Lipinski definition) is 4. The second-order valence-electron chi connectivity index (χ2n) is 4.92. The first kappa shape index (κ1) is 17.9. The Morgan fingerprint density at radius 1 is 1.00 bits per heavy atom. The molecular formula is C12H25BO4S. The van der Waals surface area contributed by atoms with Gasteiger partial charge in [0.1, 0.15) is 5.25 Å². The molecule has 1 atom stereocenters. The van der Waals surface area contributed by atoms with Crippen molar-refractivity contribution in [3.63, 3.8) is 0 Å². The van der Waals surface area contributed by atoms with Crippen LogP contribution in [0.25, 0.3) is 0 Å². The van der Waals surface area contributed by atoms with Crippen LogP contribution < -0.4 is 0 Å². The first-order valence-electron chi connectivity index (χ1n) is 6.43. The Morgan fingerprint density at radius 3 is 1.67 bits per heavy atom. The van der Waals surface area contributed by atoms with Gasteiger partial charge in [-0.2, -0.15) is 0 Å². The van der Waals surface area contributed by atoms with E-state index in [9.17, 15) is 8.42 Å². The highest BCUT2D eigenvalue weighted by molar-refractivity contribution is 7.93. The Bertz CT molecular complexity index is 302. The zero-order valence-electron chi connectivity index (χ0n) is 12.0. The van der Waals surface area contributed by atoms with E-state index < -0.39 is 20.2 Å². The van der Waals surface area contributed by atoms with E-state index in [1.807, 2.05) is 27.7 Å². The van der Waals surface area contributed by atoms with Gasteiger partial charge < -0.3 is 9.47 Å². The van der Waals surface area contributed by atoms with Crippen molar-refractivity contribution in [2.45, 2.75) is 63.6 Å². The Kier molecular flexibility index (Phi) is 8.15. The highest BCUT2D eigenvalue weighted by atomic mass is 32.2. The van der Waals surface area contributed by atoms with E-state index in [0.717, 1.165) is 0 Å². The topological polar surface area (TPSA) is 52.6 Å². The molecule has 0 aliphatic carbocycles. The fourth-order valence-corrected chi connectivity index (χ4v) is 2.81. The van der Waals surface area contributed by atoms with Crippen molar-refractivity contribution in [3.05, 3.63) is 0 Å². The molecule has 0 aromatic rings. The second-order valence-corrected chi connectivity index (χ2v) is 7.37. The summed E-state index contributed by atoms with van der Waals surface area (Å²) in [4.78, 5) is 0. The van der Waals surface area contributed by atoms with Gasteiger partial charge in [0, 0.05) is 5.15 Å². The number of rotatable bonds is 9. The van der Waals surface area contributed by atoms with Gasteiger partial charge in [-0.3, -0.25) is 0 Å². The van der Waals surface area contributed by atoms with Gasteiger partial charge >= 0.3 is 0 Å². The summed E-state index contributed by atoms with van der Waals surface area (Å²) in [5.41, 5.74) is 0. The Balaban J connectivity index is 4.73. The summed E-state index contributed by atoms with van der Waals surface area (Å²) in [6.45, 7) is 9.48. The van der Waals surface area contributed by atoms with Crippen molar-refractivity contribution in [2.24, 2.45) is 0 Å². The van der Waals surface area contributed by atoms with Crippen molar-refractivity contribution >= 4 is 17.7 Å². The second kappa shape index (κ2) is 8.18. The lowest BCUT2D eigenvalue weighted by Crippen LogP contribution is -2.39. The molecule has 0 aliphatic heterocycles. The maximum Gasteiger partial charge on any atom is 0.152 e. The van der Waals surface area contributed by atoms with E-state index in [2.05, 4.69) is 0 Å². The minimum atomic E-state index is -3.41. The number of ether oxygens (including phenoxy) is 2. The summed E-state index contributed by atoms with van der Waals surface area (Å²) in [6, 6.07) is 0. The van der Waals surface area contributed by atoms with Crippen LogP contribution in [0, 0.1) is 0 Å². The predicted octanol–water partition coefficient (Wildman–Crippen LogP) is 1.52. The Morgan fingerprint density at radius 2 is 1.39 bits per heavy atom. The fraction of sp³-hybridized carbons (Fsp3) is 1.00. The van der Waals surface area contributed by atoms with E-state index in [1.165, 1.54) is 0 Å². The largest absolute Gasteiger partial charge is 0.377 e. The molecule has 0 aromatic carbocycles. The van der Waals surface area contributed by atoms with E-state index in [1.54, 1.807) is 6.92 Å². The minimum Gasteiger partial charge on any atom is -0.377 e. The molecule has 0 rings (SSSR count). The Hall–Kier alpha value is -0.0651. The smallest absolute Gasteiger partial charge is 0.152 e. The first-order chi connectivity index (χ1) is 8.21. The Labute approximate surface area is 113 Å². The molecule has 0 amide bonds. The van der Waals surface area contributed by atoms with Crippen LogP contribution in [-0.4, -0.2) is 52.1 Å². The molecule has 0 fully saturated rings. The van der Waals surface area contributed by atoms with Crippen molar-refractivity contribution in [2.75, 3.05) is 13.2 Å². The van der Waals surface area contributed by atoms with Crippen molar-refractivity contribution in [1.82, 2.24) is 0 Å². The van der Waals surface area contributed by atoms with Gasteiger partial charge in [0.2, 0.25) is 0 Å². The average molecular weight is 276 g/mol. The maximum absolute atomic E-state index is 12.2. The van der Waals surface area contributed by atoms with Crippen LogP contribution in [0.5, 0.6) is 0 Å². The summed E-state index contributed by atoms with van der Waals surface area (Å²) in [5, 5.41) is -1.55. The molecule has 0 heterocycles. The van der Waals surface area contributed by atoms with Gasteiger partial charge in [0.05, 0.1) is 33.3 Å². The van der Waals surface area contributed by atoms with E-state index in [0.29, 0.717) is 6.42 Å². The third-order valence-electron chi connectivity index (χ3n) is 2.52. The molecule has 2 radical (unpaired) electrons. The lowest BCUT2D eigenvalue weighted by molar-refractivity contribution is 0.0359. The summed E-state index contributed by atoms with van der Waals surface area (Å²) in [6.07, 6.45) is 0.363. The third kappa shape index (κ3) is 6.20. The van der Waals surface area contributed by atoms with Gasteiger partial charge in [0.25, 0.3) is 0 Å². The average Bonchev–Trinajstić information content (AvgIpc) is 2.26. The minimum absolute atomic E-state index is 0.0143. The first-order valence-corrected chi connectivity index (χ1v) is 8.04. The molecule has 106 valence electrons. The molecule has 4 nitrogen and oxygen atoms in total. The molecular weight excluding hydrogens is 251 g/mol. The molecule has 0 N–H and O–H groups in total. The van der Waals surface area contributed by atoms with E-state index >= 15 is 0 Å². The van der Waals surface area contributed by atoms with Crippen molar-refractivity contribution < 1.29 is 17.9 Å². The van der Waals surface area contributed by atoms with Gasteiger partial charge in [-0.05, 0) is 34.1 Å². The van der Waals surface area contributed by atoms with Crippen LogP contribution in [0.1, 0.15) is 41.0 Å². The quantitative estimate of drug-likeness (QED) is 0.599. The molecule has 0 aliphatic rings. The van der Waals surface area contributed by atoms with E-state index in [4.69, 9.17) is 17.3 Å². The number of sulfone groups is 1. The molecule has 0 aromatic heterocycles. The normalized spacial score (nSPS) is 14.7. The molecule has 6 heteroatoms. The van der Waals surface area contributed by atoms with Gasteiger partial charge in [-0.1, -0.05) is 6.92 Å². The lowest BCUT2D eigenvalue weighted by Gasteiger charge is -2.23. The van der Waals surface area contributed by atoms with Crippen LogP contribution in [0.4, 0.5) is 0 Å². The third-order valence-corrected chi connectivity index (χ3v) is 4.90. The standard InChI is InChI=1S/C12H25BO4S/c1-6-12(13)18(14,15)11(7-16-9(2)3)8-17-10(4)5/h9-12H,6-8H2,1-5H3/t12-/m1/s1. The van der Waals surface area contributed by atoms with Crippen LogP contribution in [0.15, 0.2) is 0 Å². The number of hydrogen-bond donors (Lipinski definition) is 0. The summed E-state index contributed by atoms with van der Waals surface area (Å²) in [7, 11) is 2.25. The van der Waals surface area contributed by atoms with Crippen molar-refractivity contribution in [3.8, 4) is 0 Å². The van der Waals surface area contributed by atoms with Crippen LogP contribution >= 0.6 is 0 Å².